The number of fused-ring (bicyclic) bond motifs is 1. The minimum Gasteiger partial charge on any atom is -0.457 e. The predicted octanol–water partition coefficient (Wildman–Crippen LogP) is 5.44. The van der Waals surface area contributed by atoms with Crippen molar-refractivity contribution >= 4 is 45.8 Å². The van der Waals surface area contributed by atoms with Crippen molar-refractivity contribution in [2.75, 3.05) is 48.8 Å². The molecule has 0 saturated carbocycles. The van der Waals surface area contributed by atoms with Gasteiger partial charge in [-0.25, -0.2) is 34.2 Å². The first-order valence-electron chi connectivity index (χ1n) is 13.1. The summed E-state index contributed by atoms with van der Waals surface area (Å²) in [4.78, 5) is 33.4. The Hall–Kier alpha value is -5.27. The van der Waals surface area contributed by atoms with Crippen molar-refractivity contribution in [2.45, 2.75) is 13.3 Å². The third-order valence-electron chi connectivity index (χ3n) is 6.65. The fraction of sp³-hybridized carbons (Fsp3) is 0.250. The number of nitrogens with one attached hydrogen (secondary N) is 3. The van der Waals surface area contributed by atoms with Gasteiger partial charge in [0.2, 0.25) is 11.9 Å². The molecule has 1 fully saturated rings. The minimum atomic E-state index is -2.66. The van der Waals surface area contributed by atoms with Gasteiger partial charge in [0.1, 0.15) is 34.5 Å². The number of alkyl halides is 2. The summed E-state index contributed by atoms with van der Waals surface area (Å²) in [5.41, 5.74) is 11.3. The summed E-state index contributed by atoms with van der Waals surface area (Å²) in [5.74, 6) is 1.71. The molecule has 1 aliphatic heterocycles. The zero-order chi connectivity index (χ0) is 29.6. The summed E-state index contributed by atoms with van der Waals surface area (Å²) < 4.78 is 30.8. The van der Waals surface area contributed by atoms with Crippen LogP contribution in [0.4, 0.5) is 37.6 Å². The molecule has 3 heterocycles. The molecule has 5 rings (SSSR count). The fourth-order valence-electron chi connectivity index (χ4n) is 4.46. The lowest BCUT2D eigenvalue weighted by Crippen LogP contribution is -2.48. The minimum absolute atomic E-state index is 0.358. The van der Waals surface area contributed by atoms with Gasteiger partial charge in [-0.05, 0) is 48.9 Å². The van der Waals surface area contributed by atoms with Crippen LogP contribution in [0.5, 0.6) is 11.5 Å². The lowest BCUT2D eigenvalue weighted by atomic mass is 10.2. The number of piperazine rings is 1. The van der Waals surface area contributed by atoms with Crippen molar-refractivity contribution in [2.24, 2.45) is 5.11 Å². The maximum atomic E-state index is 12.4. The van der Waals surface area contributed by atoms with E-state index in [1.807, 2.05) is 30.0 Å². The van der Waals surface area contributed by atoms with Gasteiger partial charge in [0, 0.05) is 51.1 Å². The van der Waals surface area contributed by atoms with E-state index in [4.69, 9.17) is 15.3 Å². The fourth-order valence-corrected chi connectivity index (χ4v) is 4.46. The Morgan fingerprint density at radius 1 is 1.12 bits per heavy atom. The molecule has 0 atom stereocenters. The number of hydrogen-bond donors (Lipinski definition) is 3. The number of benzene rings is 2. The first-order chi connectivity index (χ1) is 20.3. The molecule has 0 bridgehead atoms. The molecule has 3 N–H and O–H groups in total. The van der Waals surface area contributed by atoms with Gasteiger partial charge < -0.3 is 25.2 Å². The summed E-state index contributed by atoms with van der Waals surface area (Å²) in [7, 11) is 1.76. The van der Waals surface area contributed by atoms with Crippen LogP contribution < -0.4 is 20.3 Å². The van der Waals surface area contributed by atoms with Crippen LogP contribution in [0.25, 0.3) is 11.0 Å². The van der Waals surface area contributed by atoms with Crippen LogP contribution in [0.15, 0.2) is 66.2 Å². The lowest BCUT2D eigenvalue weighted by Gasteiger charge is -2.34. The smallest absolute Gasteiger partial charge is 0.257 e. The molecule has 0 aliphatic carbocycles. The van der Waals surface area contributed by atoms with Gasteiger partial charge in [0.05, 0.1) is 11.9 Å². The number of carbonyl (C=O) groups is 1. The SMILES string of the molecule is CNc1ccc(Oc2ccc(Nc3ncnc4cnc(N5CCN(C(=O)/C=C/C(F)F)CC5)nc34)cc2C)cc1N=N. The van der Waals surface area contributed by atoms with Crippen LogP contribution >= 0.6 is 0 Å². The van der Waals surface area contributed by atoms with E-state index in [0.29, 0.717) is 72.2 Å². The summed E-state index contributed by atoms with van der Waals surface area (Å²) in [6, 6.07) is 10.9. The first-order valence-corrected chi connectivity index (χ1v) is 13.1. The topological polar surface area (TPSA) is 145 Å². The largest absolute Gasteiger partial charge is 0.457 e. The molecule has 1 saturated heterocycles. The van der Waals surface area contributed by atoms with Gasteiger partial charge >= 0.3 is 0 Å². The number of aryl methyl sites for hydroxylation is 1. The highest BCUT2D eigenvalue weighted by Crippen LogP contribution is 2.34. The molecule has 1 amide bonds. The third-order valence-corrected chi connectivity index (χ3v) is 6.65. The molecular formula is C28H28F2N10O2. The molecule has 2 aromatic carbocycles. The molecule has 2 aromatic heterocycles. The van der Waals surface area contributed by atoms with Gasteiger partial charge in [0.25, 0.3) is 6.43 Å². The number of nitrogens with zero attached hydrogens (tertiary/aromatic N) is 7. The highest BCUT2D eigenvalue weighted by Gasteiger charge is 2.22. The molecular weight excluding hydrogens is 546 g/mol. The van der Waals surface area contributed by atoms with Crippen LogP contribution in [-0.2, 0) is 4.79 Å². The molecule has 12 nitrogen and oxygen atoms in total. The summed E-state index contributed by atoms with van der Waals surface area (Å²) in [6.45, 7) is 3.54. The van der Waals surface area contributed by atoms with Crippen molar-refractivity contribution in [3.8, 4) is 11.5 Å². The Morgan fingerprint density at radius 2 is 1.93 bits per heavy atom. The normalized spacial score (nSPS) is 13.5. The Balaban J connectivity index is 1.30. The number of anilines is 4. The number of ether oxygens (including phenoxy) is 1. The van der Waals surface area contributed by atoms with Gasteiger partial charge in [0.15, 0.2) is 5.82 Å². The Bertz CT molecular complexity index is 1640. The number of halogens is 2. The number of rotatable bonds is 9. The van der Waals surface area contributed by atoms with E-state index in [-0.39, 0.29) is 0 Å². The summed E-state index contributed by atoms with van der Waals surface area (Å²) >= 11 is 0. The average molecular weight is 575 g/mol. The van der Waals surface area contributed by atoms with E-state index in [2.05, 4.69) is 30.7 Å². The van der Waals surface area contributed by atoms with E-state index < -0.39 is 12.3 Å². The Kier molecular flexibility index (Phi) is 8.41. The van der Waals surface area contributed by atoms with E-state index in [9.17, 15) is 13.6 Å². The molecule has 216 valence electrons. The van der Waals surface area contributed by atoms with Crippen LogP contribution in [0, 0.1) is 12.5 Å². The van der Waals surface area contributed by atoms with Gasteiger partial charge in [-0.1, -0.05) is 0 Å². The van der Waals surface area contributed by atoms with Crippen molar-refractivity contribution in [3.63, 3.8) is 0 Å². The number of allylic oxidation sites excluding steroid dienone is 1. The summed E-state index contributed by atoms with van der Waals surface area (Å²) in [5, 5.41) is 9.83. The van der Waals surface area contributed by atoms with Crippen LogP contribution in [0.2, 0.25) is 0 Å². The predicted molar refractivity (Wildman–Crippen MR) is 154 cm³/mol. The maximum Gasteiger partial charge on any atom is 0.257 e. The van der Waals surface area contributed by atoms with E-state index in [0.717, 1.165) is 23.0 Å². The number of carbonyl (C=O) groups excluding carboxylic acids is 1. The van der Waals surface area contributed by atoms with E-state index >= 15 is 0 Å². The van der Waals surface area contributed by atoms with Gasteiger partial charge in [-0.3, -0.25) is 4.79 Å². The quantitative estimate of drug-likeness (QED) is 0.176. The molecule has 0 radical (unpaired) electrons. The number of hydrogen-bond acceptors (Lipinski definition) is 11. The second-order valence-corrected chi connectivity index (χ2v) is 9.38. The second-order valence-electron chi connectivity index (χ2n) is 9.38. The Labute approximate surface area is 240 Å². The molecule has 1 aliphatic rings. The van der Waals surface area contributed by atoms with Gasteiger partial charge in [-0.2, -0.15) is 5.11 Å². The number of amides is 1. The lowest BCUT2D eigenvalue weighted by molar-refractivity contribution is -0.126. The van der Waals surface area contributed by atoms with Crippen molar-refractivity contribution < 1.29 is 18.3 Å². The van der Waals surface area contributed by atoms with Crippen molar-refractivity contribution in [3.05, 3.63) is 66.6 Å². The van der Waals surface area contributed by atoms with Gasteiger partial charge in [-0.15, -0.1) is 0 Å². The van der Waals surface area contributed by atoms with Crippen molar-refractivity contribution in [1.29, 1.82) is 5.53 Å². The Morgan fingerprint density at radius 3 is 2.64 bits per heavy atom. The molecule has 0 spiro atoms. The maximum absolute atomic E-state index is 12.4. The molecule has 42 heavy (non-hydrogen) atoms. The first kappa shape index (κ1) is 28.3. The van der Waals surface area contributed by atoms with Crippen molar-refractivity contribution in [1.82, 2.24) is 24.8 Å². The third kappa shape index (κ3) is 6.37. The highest BCUT2D eigenvalue weighted by molar-refractivity contribution is 5.88. The van der Waals surface area contributed by atoms with Crippen LogP contribution in [0.3, 0.4) is 0 Å². The zero-order valence-electron chi connectivity index (χ0n) is 22.9. The van der Waals surface area contributed by atoms with Crippen LogP contribution in [-0.4, -0.2) is 70.4 Å². The summed E-state index contributed by atoms with van der Waals surface area (Å²) in [6.07, 6.45) is 1.89. The zero-order valence-corrected chi connectivity index (χ0v) is 22.9. The molecule has 14 heteroatoms. The molecule has 4 aromatic rings. The van der Waals surface area contributed by atoms with E-state index in [1.165, 1.54) is 11.2 Å². The standard InChI is InChI=1S/C28H28F2N10O2/c1-17-13-18(3-6-23(17)42-19-4-5-20(32-2)21(14-19)38-31)36-27-26-22(34-16-35-27)15-33-28(37-26)40-11-9-39(10-12-40)25(41)8-7-24(29)30/h3-8,13-16,24,31-32H,9-12H2,1-2H3,(H,34,35,36)/b8-7+,38-31?. The van der Waals surface area contributed by atoms with Crippen LogP contribution in [0.1, 0.15) is 5.56 Å². The van der Waals surface area contributed by atoms with E-state index in [1.54, 1.807) is 31.4 Å². The second kappa shape index (κ2) is 12.5. The monoisotopic (exact) mass is 574 g/mol. The molecule has 0 unspecified atom stereocenters. The number of aromatic nitrogens is 4. The average Bonchev–Trinajstić information content (AvgIpc) is 3.01. The highest BCUT2D eigenvalue weighted by atomic mass is 19.3.